The first kappa shape index (κ1) is 13.5. The van der Waals surface area contributed by atoms with Gasteiger partial charge in [0.15, 0.2) is 0 Å². The van der Waals surface area contributed by atoms with Gasteiger partial charge < -0.3 is 15.0 Å². The van der Waals surface area contributed by atoms with Crippen molar-refractivity contribution in [3.05, 3.63) is 0 Å². The van der Waals surface area contributed by atoms with Crippen LogP contribution in [-0.2, 0) is 9.53 Å². The third-order valence-electron chi connectivity index (χ3n) is 3.25. The Balaban J connectivity index is 2.40. The number of nitrogens with one attached hydrogen (secondary N) is 1. The molecule has 0 bridgehead atoms. The summed E-state index contributed by atoms with van der Waals surface area (Å²) in [6.07, 6.45) is 4.78. The molecular weight excluding hydrogens is 204 g/mol. The van der Waals surface area contributed by atoms with E-state index in [1.54, 1.807) is 0 Å². The van der Waals surface area contributed by atoms with Gasteiger partial charge in [-0.2, -0.15) is 0 Å². The van der Waals surface area contributed by atoms with Crippen molar-refractivity contribution in [3.8, 4) is 0 Å². The van der Waals surface area contributed by atoms with Gasteiger partial charge in [0.05, 0.1) is 7.11 Å². The van der Waals surface area contributed by atoms with Gasteiger partial charge in [-0.05, 0) is 32.9 Å². The van der Waals surface area contributed by atoms with Gasteiger partial charge in [0.2, 0.25) is 0 Å². The van der Waals surface area contributed by atoms with Crippen molar-refractivity contribution >= 4 is 5.97 Å². The second kappa shape index (κ2) is 6.86. The van der Waals surface area contributed by atoms with E-state index in [4.69, 9.17) is 4.74 Å². The van der Waals surface area contributed by atoms with Crippen molar-refractivity contribution in [1.29, 1.82) is 0 Å². The molecule has 4 nitrogen and oxygen atoms in total. The minimum atomic E-state index is -0.106. The number of likely N-dealkylation sites (N-methyl/N-ethyl adjacent to an activating group) is 1. The standard InChI is InChI=1S/C12H24N2O2/c1-14(2)9-8-13-11(12(15)16-3)10-6-4-5-7-10/h10-11,13H,4-9H2,1-3H3. The van der Waals surface area contributed by atoms with Crippen molar-refractivity contribution in [3.63, 3.8) is 0 Å². The van der Waals surface area contributed by atoms with Crippen molar-refractivity contribution in [2.45, 2.75) is 31.7 Å². The fraction of sp³-hybridized carbons (Fsp3) is 0.917. The number of nitrogens with zero attached hydrogens (tertiary/aromatic N) is 1. The Hall–Kier alpha value is -0.610. The van der Waals surface area contributed by atoms with Crippen LogP contribution in [-0.4, -0.2) is 51.2 Å². The number of hydrogen-bond acceptors (Lipinski definition) is 4. The van der Waals surface area contributed by atoms with Gasteiger partial charge in [-0.15, -0.1) is 0 Å². The van der Waals surface area contributed by atoms with Crippen LogP contribution >= 0.6 is 0 Å². The molecule has 0 saturated heterocycles. The van der Waals surface area contributed by atoms with Crippen LogP contribution in [0.15, 0.2) is 0 Å². The molecule has 1 saturated carbocycles. The lowest BCUT2D eigenvalue weighted by Gasteiger charge is -2.23. The van der Waals surface area contributed by atoms with Crippen molar-refractivity contribution in [2.24, 2.45) is 5.92 Å². The molecule has 16 heavy (non-hydrogen) atoms. The first-order valence-corrected chi connectivity index (χ1v) is 6.11. The fourth-order valence-electron chi connectivity index (χ4n) is 2.30. The third-order valence-corrected chi connectivity index (χ3v) is 3.25. The summed E-state index contributed by atoms with van der Waals surface area (Å²) < 4.78 is 4.87. The van der Waals surface area contributed by atoms with E-state index in [0.29, 0.717) is 5.92 Å². The largest absolute Gasteiger partial charge is 0.468 e. The maximum atomic E-state index is 11.7. The molecule has 1 aliphatic carbocycles. The van der Waals surface area contributed by atoms with Gasteiger partial charge in [0.1, 0.15) is 6.04 Å². The number of esters is 1. The molecule has 0 aliphatic heterocycles. The predicted molar refractivity (Wildman–Crippen MR) is 64.3 cm³/mol. The Kier molecular flexibility index (Phi) is 5.77. The summed E-state index contributed by atoms with van der Waals surface area (Å²) in [5.41, 5.74) is 0. The lowest BCUT2D eigenvalue weighted by Crippen LogP contribution is -2.45. The molecule has 1 unspecified atom stereocenters. The van der Waals surface area contributed by atoms with Crippen LogP contribution in [0, 0.1) is 5.92 Å². The fourth-order valence-corrected chi connectivity index (χ4v) is 2.30. The summed E-state index contributed by atoms with van der Waals surface area (Å²) in [4.78, 5) is 13.8. The smallest absolute Gasteiger partial charge is 0.323 e. The van der Waals surface area contributed by atoms with Gasteiger partial charge in [-0.3, -0.25) is 4.79 Å². The topological polar surface area (TPSA) is 41.6 Å². The first-order valence-electron chi connectivity index (χ1n) is 6.11. The molecule has 1 N–H and O–H groups in total. The Morgan fingerprint density at radius 3 is 2.56 bits per heavy atom. The highest BCUT2D eigenvalue weighted by molar-refractivity contribution is 5.76. The molecule has 0 amide bonds. The highest BCUT2D eigenvalue weighted by Crippen LogP contribution is 2.28. The van der Waals surface area contributed by atoms with E-state index in [-0.39, 0.29) is 12.0 Å². The van der Waals surface area contributed by atoms with Crippen LogP contribution in [0.1, 0.15) is 25.7 Å². The van der Waals surface area contributed by atoms with Crippen LogP contribution in [0.5, 0.6) is 0 Å². The number of methoxy groups -OCH3 is 1. The molecule has 0 aromatic rings. The second-order valence-corrected chi connectivity index (χ2v) is 4.80. The van der Waals surface area contributed by atoms with Crippen LogP contribution in [0.25, 0.3) is 0 Å². The van der Waals surface area contributed by atoms with Crippen LogP contribution in [0.4, 0.5) is 0 Å². The molecule has 0 aromatic carbocycles. The van der Waals surface area contributed by atoms with Crippen molar-refractivity contribution < 1.29 is 9.53 Å². The third kappa shape index (κ3) is 4.10. The minimum absolute atomic E-state index is 0.104. The van der Waals surface area contributed by atoms with Gasteiger partial charge in [-0.1, -0.05) is 12.8 Å². The molecule has 94 valence electrons. The van der Waals surface area contributed by atoms with Gasteiger partial charge in [0.25, 0.3) is 0 Å². The molecule has 0 aromatic heterocycles. The van der Waals surface area contributed by atoms with E-state index in [2.05, 4.69) is 10.2 Å². The van der Waals surface area contributed by atoms with E-state index in [0.717, 1.165) is 25.9 Å². The lowest BCUT2D eigenvalue weighted by atomic mass is 9.98. The van der Waals surface area contributed by atoms with E-state index < -0.39 is 0 Å². The van der Waals surface area contributed by atoms with E-state index in [1.165, 1.54) is 20.0 Å². The summed E-state index contributed by atoms with van der Waals surface area (Å²) in [5.74, 6) is 0.361. The Morgan fingerprint density at radius 1 is 1.44 bits per heavy atom. The van der Waals surface area contributed by atoms with Gasteiger partial charge in [-0.25, -0.2) is 0 Å². The highest BCUT2D eigenvalue weighted by Gasteiger charge is 2.30. The molecule has 1 fully saturated rings. The summed E-state index contributed by atoms with van der Waals surface area (Å²) in [5, 5.41) is 3.33. The highest BCUT2D eigenvalue weighted by atomic mass is 16.5. The molecule has 1 aliphatic rings. The second-order valence-electron chi connectivity index (χ2n) is 4.80. The lowest BCUT2D eigenvalue weighted by molar-refractivity contribution is -0.144. The number of hydrogen-bond donors (Lipinski definition) is 1. The summed E-state index contributed by atoms with van der Waals surface area (Å²) >= 11 is 0. The summed E-state index contributed by atoms with van der Waals surface area (Å²) in [6, 6.07) is -0.104. The average Bonchev–Trinajstić information content (AvgIpc) is 2.76. The molecular formula is C12H24N2O2. The van der Waals surface area contributed by atoms with Crippen molar-refractivity contribution in [1.82, 2.24) is 10.2 Å². The number of ether oxygens (including phenoxy) is 1. The zero-order valence-corrected chi connectivity index (χ0v) is 10.7. The maximum Gasteiger partial charge on any atom is 0.323 e. The molecule has 0 heterocycles. The molecule has 1 atom stereocenters. The zero-order valence-electron chi connectivity index (χ0n) is 10.7. The molecule has 0 radical (unpaired) electrons. The van der Waals surface area contributed by atoms with Crippen LogP contribution in [0.2, 0.25) is 0 Å². The zero-order chi connectivity index (χ0) is 12.0. The monoisotopic (exact) mass is 228 g/mol. The number of carbonyl (C=O) groups excluding carboxylic acids is 1. The van der Waals surface area contributed by atoms with Gasteiger partial charge >= 0.3 is 5.97 Å². The normalized spacial score (nSPS) is 19.0. The Bertz CT molecular complexity index is 213. The maximum absolute atomic E-state index is 11.7. The van der Waals surface area contributed by atoms with E-state index in [9.17, 15) is 4.79 Å². The first-order chi connectivity index (χ1) is 7.65. The average molecular weight is 228 g/mol. The summed E-state index contributed by atoms with van der Waals surface area (Å²) in [6.45, 7) is 1.78. The summed E-state index contributed by atoms with van der Waals surface area (Å²) in [7, 11) is 5.53. The minimum Gasteiger partial charge on any atom is -0.468 e. The van der Waals surface area contributed by atoms with E-state index >= 15 is 0 Å². The SMILES string of the molecule is COC(=O)C(NCCN(C)C)C1CCCC1. The van der Waals surface area contributed by atoms with Crippen molar-refractivity contribution in [2.75, 3.05) is 34.3 Å². The number of rotatable bonds is 6. The Labute approximate surface area is 98.3 Å². The predicted octanol–water partition coefficient (Wildman–Crippen LogP) is 0.869. The molecule has 1 rings (SSSR count). The molecule has 4 heteroatoms. The number of carbonyl (C=O) groups is 1. The Morgan fingerprint density at radius 2 is 2.06 bits per heavy atom. The quantitative estimate of drug-likeness (QED) is 0.685. The van der Waals surface area contributed by atoms with E-state index in [1.807, 2.05) is 14.1 Å². The van der Waals surface area contributed by atoms with Crippen LogP contribution in [0.3, 0.4) is 0 Å². The van der Waals surface area contributed by atoms with Gasteiger partial charge in [0, 0.05) is 13.1 Å². The van der Waals surface area contributed by atoms with Crippen LogP contribution < -0.4 is 5.32 Å². The molecule has 0 spiro atoms.